The van der Waals surface area contributed by atoms with E-state index in [9.17, 15) is 18.0 Å². The zero-order valence-corrected chi connectivity index (χ0v) is 29.5. The monoisotopic (exact) mass is 689 g/mol. The number of hydrogen-bond acceptors (Lipinski definition) is 5. The SMILES string of the molecule is CCCNC(=O)[C@@H](Cc1ccccc1)N(Cc1ccc(C)cc1)C(=O)CN(c1ccc(Oc2ccccc2)cc1)S(=O)(=O)c1ccc(C)cc1. The Morgan fingerprint density at radius 1 is 0.700 bits per heavy atom. The lowest BCUT2D eigenvalue weighted by atomic mass is 10.0. The summed E-state index contributed by atoms with van der Waals surface area (Å²) in [7, 11) is -4.22. The van der Waals surface area contributed by atoms with Crippen molar-refractivity contribution in [3.8, 4) is 11.5 Å². The molecule has 9 heteroatoms. The van der Waals surface area contributed by atoms with E-state index in [0.29, 0.717) is 18.0 Å². The number of nitrogens with one attached hydrogen (secondary N) is 1. The first kappa shape index (κ1) is 35.9. The lowest BCUT2D eigenvalue weighted by molar-refractivity contribution is -0.140. The molecule has 1 atom stereocenters. The van der Waals surface area contributed by atoms with E-state index in [2.05, 4.69) is 5.32 Å². The molecular formula is C41H43N3O5S. The molecule has 0 aliphatic rings. The molecule has 0 bridgehead atoms. The number of anilines is 1. The lowest BCUT2D eigenvalue weighted by Gasteiger charge is -2.34. The van der Waals surface area contributed by atoms with Gasteiger partial charge in [-0.25, -0.2) is 8.42 Å². The molecule has 0 radical (unpaired) electrons. The Morgan fingerprint density at radius 2 is 1.26 bits per heavy atom. The Morgan fingerprint density at radius 3 is 1.86 bits per heavy atom. The second-order valence-corrected chi connectivity index (χ2v) is 14.1. The standard InChI is InChI=1S/C41H43N3O5S/c1-4-27-42-41(46)39(28-33-11-7-5-8-12-33)43(29-34-19-15-31(2)16-20-34)40(45)30-44(50(47,48)38-25-17-32(3)18-26-38)35-21-23-37(24-22-35)49-36-13-9-6-10-14-36/h5-26,39H,4,27-30H2,1-3H3,(H,42,46)/t39-/m1/s1. The molecule has 0 aliphatic carbocycles. The topological polar surface area (TPSA) is 96.0 Å². The minimum absolute atomic E-state index is 0.0483. The highest BCUT2D eigenvalue weighted by Crippen LogP contribution is 2.29. The van der Waals surface area contributed by atoms with E-state index in [1.54, 1.807) is 36.4 Å². The van der Waals surface area contributed by atoms with Gasteiger partial charge in [0.2, 0.25) is 11.8 Å². The summed E-state index contributed by atoms with van der Waals surface area (Å²) < 4.78 is 35.8. The smallest absolute Gasteiger partial charge is 0.264 e. The van der Waals surface area contributed by atoms with Crippen molar-refractivity contribution in [1.29, 1.82) is 0 Å². The van der Waals surface area contributed by atoms with E-state index in [4.69, 9.17) is 4.74 Å². The van der Waals surface area contributed by atoms with Crippen LogP contribution in [-0.4, -0.2) is 44.3 Å². The van der Waals surface area contributed by atoms with Crippen LogP contribution in [0.15, 0.2) is 138 Å². The predicted octanol–water partition coefficient (Wildman–Crippen LogP) is 7.46. The summed E-state index contributed by atoms with van der Waals surface area (Å²) in [5.41, 5.74) is 3.94. The quantitative estimate of drug-likeness (QED) is 0.123. The number of carbonyl (C=O) groups is 2. The van der Waals surface area contributed by atoms with E-state index >= 15 is 0 Å². The van der Waals surface area contributed by atoms with Crippen LogP contribution in [0.1, 0.15) is 35.6 Å². The van der Waals surface area contributed by atoms with Gasteiger partial charge in [-0.1, -0.05) is 103 Å². The summed E-state index contributed by atoms with van der Waals surface area (Å²) in [6, 6.07) is 38.7. The number of amides is 2. The molecule has 0 saturated heterocycles. The summed E-state index contributed by atoms with van der Waals surface area (Å²) in [5.74, 6) is 0.331. The molecule has 5 aromatic carbocycles. The Labute approximate surface area is 295 Å². The van der Waals surface area contributed by atoms with Crippen LogP contribution in [0, 0.1) is 13.8 Å². The van der Waals surface area contributed by atoms with Crippen LogP contribution >= 0.6 is 0 Å². The van der Waals surface area contributed by atoms with Crippen molar-refractivity contribution in [2.24, 2.45) is 0 Å². The largest absolute Gasteiger partial charge is 0.457 e. The maximum Gasteiger partial charge on any atom is 0.264 e. The summed E-state index contributed by atoms with van der Waals surface area (Å²) >= 11 is 0. The molecule has 0 aromatic heterocycles. The van der Waals surface area contributed by atoms with Crippen molar-refractivity contribution in [3.63, 3.8) is 0 Å². The number of aryl methyl sites for hydroxylation is 2. The second-order valence-electron chi connectivity index (χ2n) is 12.2. The second kappa shape index (κ2) is 16.8. The Kier molecular flexibility index (Phi) is 12.1. The van der Waals surface area contributed by atoms with Gasteiger partial charge in [0, 0.05) is 19.5 Å². The molecule has 0 aliphatic heterocycles. The van der Waals surface area contributed by atoms with E-state index < -0.39 is 28.5 Å². The number of carbonyl (C=O) groups excluding carboxylic acids is 2. The Balaban J connectivity index is 1.55. The molecule has 0 fully saturated rings. The number of benzene rings is 5. The van der Waals surface area contributed by atoms with E-state index in [0.717, 1.165) is 33.0 Å². The summed E-state index contributed by atoms with van der Waals surface area (Å²) in [4.78, 5) is 30.1. The third kappa shape index (κ3) is 9.39. The van der Waals surface area contributed by atoms with Crippen molar-refractivity contribution < 1.29 is 22.7 Å². The molecule has 5 rings (SSSR count). The first-order valence-corrected chi connectivity index (χ1v) is 18.2. The molecule has 8 nitrogen and oxygen atoms in total. The highest BCUT2D eigenvalue weighted by atomic mass is 32.2. The molecule has 0 spiro atoms. The summed E-state index contributed by atoms with van der Waals surface area (Å²) in [6.07, 6.45) is 0.979. The van der Waals surface area contributed by atoms with Crippen LogP contribution in [0.2, 0.25) is 0 Å². The van der Waals surface area contributed by atoms with Gasteiger partial charge in [-0.3, -0.25) is 13.9 Å². The van der Waals surface area contributed by atoms with Gasteiger partial charge in [-0.15, -0.1) is 0 Å². The summed E-state index contributed by atoms with van der Waals surface area (Å²) in [6.45, 7) is 5.84. The highest BCUT2D eigenvalue weighted by molar-refractivity contribution is 7.92. The van der Waals surface area contributed by atoms with Gasteiger partial charge in [0.15, 0.2) is 0 Å². The number of para-hydroxylation sites is 1. The third-order valence-electron chi connectivity index (χ3n) is 8.29. The average molecular weight is 690 g/mol. The normalized spacial score (nSPS) is 11.7. The Hall–Kier alpha value is -5.41. The molecular weight excluding hydrogens is 647 g/mol. The zero-order valence-electron chi connectivity index (χ0n) is 28.7. The molecule has 5 aromatic rings. The van der Waals surface area contributed by atoms with Gasteiger partial charge in [0.1, 0.15) is 24.1 Å². The maximum atomic E-state index is 14.7. The molecule has 1 N–H and O–H groups in total. The molecule has 0 unspecified atom stereocenters. The Bertz CT molecular complexity index is 1950. The van der Waals surface area contributed by atoms with Crippen molar-refractivity contribution in [1.82, 2.24) is 10.2 Å². The fraction of sp³-hybridized carbons (Fsp3) is 0.220. The number of ether oxygens (including phenoxy) is 1. The number of hydrogen-bond donors (Lipinski definition) is 1. The number of sulfonamides is 1. The van der Waals surface area contributed by atoms with Crippen molar-refractivity contribution in [2.45, 2.75) is 51.1 Å². The molecule has 0 saturated carbocycles. The van der Waals surface area contributed by atoms with E-state index in [-0.39, 0.29) is 29.5 Å². The maximum absolute atomic E-state index is 14.7. The van der Waals surface area contributed by atoms with Gasteiger partial charge >= 0.3 is 0 Å². The van der Waals surface area contributed by atoms with Crippen LogP contribution in [0.25, 0.3) is 0 Å². The molecule has 50 heavy (non-hydrogen) atoms. The molecule has 2 amide bonds. The first-order valence-electron chi connectivity index (χ1n) is 16.7. The average Bonchev–Trinajstić information content (AvgIpc) is 3.13. The minimum atomic E-state index is -4.22. The van der Waals surface area contributed by atoms with Gasteiger partial charge in [0.05, 0.1) is 10.6 Å². The number of rotatable bonds is 15. The zero-order chi connectivity index (χ0) is 35.5. The van der Waals surface area contributed by atoms with Crippen LogP contribution in [0.3, 0.4) is 0 Å². The van der Waals surface area contributed by atoms with Crippen LogP contribution in [0.4, 0.5) is 5.69 Å². The molecule has 0 heterocycles. The van der Waals surface area contributed by atoms with E-state index in [1.807, 2.05) is 106 Å². The van der Waals surface area contributed by atoms with Gasteiger partial charge in [-0.2, -0.15) is 0 Å². The van der Waals surface area contributed by atoms with Crippen molar-refractivity contribution >= 4 is 27.5 Å². The van der Waals surface area contributed by atoms with Crippen LogP contribution in [-0.2, 0) is 32.6 Å². The minimum Gasteiger partial charge on any atom is -0.457 e. The van der Waals surface area contributed by atoms with E-state index in [1.165, 1.54) is 17.0 Å². The van der Waals surface area contributed by atoms with Crippen molar-refractivity contribution in [2.75, 3.05) is 17.4 Å². The number of nitrogens with zero attached hydrogens (tertiary/aromatic N) is 2. The first-order chi connectivity index (χ1) is 24.1. The molecule has 258 valence electrons. The van der Waals surface area contributed by atoms with Gasteiger partial charge in [-0.05, 0) is 79.9 Å². The van der Waals surface area contributed by atoms with Gasteiger partial charge < -0.3 is 15.0 Å². The highest BCUT2D eigenvalue weighted by Gasteiger charge is 2.34. The summed E-state index contributed by atoms with van der Waals surface area (Å²) in [5, 5.41) is 2.98. The fourth-order valence-corrected chi connectivity index (χ4v) is 6.90. The lowest BCUT2D eigenvalue weighted by Crippen LogP contribution is -2.53. The van der Waals surface area contributed by atoms with Crippen molar-refractivity contribution in [3.05, 3.63) is 156 Å². The van der Waals surface area contributed by atoms with Crippen LogP contribution < -0.4 is 14.4 Å². The fourth-order valence-electron chi connectivity index (χ4n) is 5.48. The van der Waals surface area contributed by atoms with Crippen LogP contribution in [0.5, 0.6) is 11.5 Å². The predicted molar refractivity (Wildman–Crippen MR) is 198 cm³/mol. The van der Waals surface area contributed by atoms with Gasteiger partial charge in [0.25, 0.3) is 10.0 Å². The third-order valence-corrected chi connectivity index (χ3v) is 10.1.